The molecule has 0 unspecified atom stereocenters. The lowest BCUT2D eigenvalue weighted by Gasteiger charge is -2.09. The van der Waals surface area contributed by atoms with Crippen molar-refractivity contribution in [2.45, 2.75) is 6.92 Å². The van der Waals surface area contributed by atoms with Gasteiger partial charge >= 0.3 is 0 Å². The largest absolute Gasteiger partial charge is 0.319 e. The molecule has 0 spiro atoms. The number of halogens is 3. The van der Waals surface area contributed by atoms with Gasteiger partial charge in [-0.2, -0.15) is 0 Å². The Morgan fingerprint density at radius 3 is 2.68 bits per heavy atom. The Balaban J connectivity index is 2.28. The van der Waals surface area contributed by atoms with Gasteiger partial charge in [0, 0.05) is 10.0 Å². The molecule has 2 aromatic rings. The molecule has 0 fully saturated rings. The highest BCUT2D eigenvalue weighted by Gasteiger charge is 2.12. The van der Waals surface area contributed by atoms with Gasteiger partial charge in [0.15, 0.2) is 0 Å². The topological polar surface area (TPSA) is 29.1 Å². The fourth-order valence-corrected chi connectivity index (χ4v) is 2.11. The van der Waals surface area contributed by atoms with Gasteiger partial charge in [-0.1, -0.05) is 23.7 Å². The number of carbonyl (C=O) groups is 1. The standard InChI is InChI=1S/C14H10BrClFNO/c1-8-3-2-4-12(17)13(8)18-14(19)9-5-6-11(16)10(15)7-9/h2-7H,1H3,(H,18,19). The van der Waals surface area contributed by atoms with Crippen molar-refractivity contribution < 1.29 is 9.18 Å². The van der Waals surface area contributed by atoms with Gasteiger partial charge in [0.2, 0.25) is 0 Å². The van der Waals surface area contributed by atoms with Crippen LogP contribution in [-0.4, -0.2) is 5.91 Å². The monoisotopic (exact) mass is 341 g/mol. The van der Waals surface area contributed by atoms with Crippen molar-refractivity contribution in [1.82, 2.24) is 0 Å². The van der Waals surface area contributed by atoms with Gasteiger partial charge in [0.05, 0.1) is 10.7 Å². The average Bonchev–Trinajstić information content (AvgIpc) is 2.37. The number of carbonyl (C=O) groups excluding carboxylic acids is 1. The first-order valence-corrected chi connectivity index (χ1v) is 6.67. The Hall–Kier alpha value is -1.39. The first-order chi connectivity index (χ1) is 8.99. The van der Waals surface area contributed by atoms with Gasteiger partial charge in [-0.3, -0.25) is 4.79 Å². The van der Waals surface area contributed by atoms with E-state index in [-0.39, 0.29) is 11.6 Å². The van der Waals surface area contributed by atoms with E-state index in [0.717, 1.165) is 0 Å². The zero-order valence-electron chi connectivity index (χ0n) is 10.0. The Labute approximate surface area is 123 Å². The van der Waals surface area contributed by atoms with Gasteiger partial charge < -0.3 is 5.32 Å². The Morgan fingerprint density at radius 2 is 2.05 bits per heavy atom. The van der Waals surface area contributed by atoms with Crippen molar-refractivity contribution in [3.05, 3.63) is 62.8 Å². The summed E-state index contributed by atoms with van der Waals surface area (Å²) < 4.78 is 14.2. The van der Waals surface area contributed by atoms with Gasteiger partial charge in [-0.05, 0) is 52.7 Å². The average molecular weight is 343 g/mol. The van der Waals surface area contributed by atoms with Crippen LogP contribution in [0.3, 0.4) is 0 Å². The van der Waals surface area contributed by atoms with Crippen LogP contribution in [0.5, 0.6) is 0 Å². The van der Waals surface area contributed by atoms with Crippen molar-refractivity contribution in [3.63, 3.8) is 0 Å². The van der Waals surface area contributed by atoms with Crippen molar-refractivity contribution in [3.8, 4) is 0 Å². The smallest absolute Gasteiger partial charge is 0.255 e. The molecular weight excluding hydrogens is 333 g/mol. The molecule has 1 amide bonds. The van der Waals surface area contributed by atoms with E-state index < -0.39 is 5.82 Å². The van der Waals surface area contributed by atoms with E-state index in [1.54, 1.807) is 37.3 Å². The molecule has 0 radical (unpaired) electrons. The predicted octanol–water partition coefficient (Wildman–Crippen LogP) is 4.80. The van der Waals surface area contributed by atoms with E-state index in [1.165, 1.54) is 6.07 Å². The fourth-order valence-electron chi connectivity index (χ4n) is 1.61. The number of para-hydroxylation sites is 1. The normalized spacial score (nSPS) is 10.3. The third-order valence-electron chi connectivity index (χ3n) is 2.64. The minimum Gasteiger partial charge on any atom is -0.319 e. The number of hydrogen-bond acceptors (Lipinski definition) is 1. The summed E-state index contributed by atoms with van der Waals surface area (Å²) in [6, 6.07) is 9.41. The minimum absolute atomic E-state index is 0.193. The molecular formula is C14H10BrClFNO. The quantitative estimate of drug-likeness (QED) is 0.834. The Kier molecular flexibility index (Phi) is 4.22. The van der Waals surface area contributed by atoms with Crippen molar-refractivity contribution >= 4 is 39.1 Å². The molecule has 0 saturated carbocycles. The summed E-state index contributed by atoms with van der Waals surface area (Å²) in [4.78, 5) is 12.0. The van der Waals surface area contributed by atoms with Gasteiger partial charge in [0.1, 0.15) is 5.82 Å². The van der Waals surface area contributed by atoms with Crippen LogP contribution in [0, 0.1) is 12.7 Å². The number of aryl methyl sites for hydroxylation is 1. The third kappa shape index (κ3) is 3.14. The van der Waals surface area contributed by atoms with Gasteiger partial charge in [-0.25, -0.2) is 4.39 Å². The zero-order chi connectivity index (χ0) is 14.0. The maximum Gasteiger partial charge on any atom is 0.255 e. The van der Waals surface area contributed by atoms with Crippen LogP contribution < -0.4 is 5.32 Å². The molecule has 2 nitrogen and oxygen atoms in total. The predicted molar refractivity (Wildman–Crippen MR) is 78.2 cm³/mol. The number of amides is 1. The molecule has 1 N–H and O–H groups in total. The van der Waals surface area contributed by atoms with E-state index in [4.69, 9.17) is 11.6 Å². The van der Waals surface area contributed by atoms with Crippen molar-refractivity contribution in [2.24, 2.45) is 0 Å². The first-order valence-electron chi connectivity index (χ1n) is 5.50. The molecule has 0 bridgehead atoms. The third-order valence-corrected chi connectivity index (χ3v) is 3.86. The lowest BCUT2D eigenvalue weighted by Crippen LogP contribution is -2.14. The molecule has 19 heavy (non-hydrogen) atoms. The second-order valence-electron chi connectivity index (χ2n) is 4.01. The number of hydrogen-bond donors (Lipinski definition) is 1. The van der Waals surface area contributed by atoms with Crippen LogP contribution in [0.15, 0.2) is 40.9 Å². The molecule has 0 aromatic heterocycles. The SMILES string of the molecule is Cc1cccc(F)c1NC(=O)c1ccc(Cl)c(Br)c1. The number of benzene rings is 2. The van der Waals surface area contributed by atoms with Crippen LogP contribution in [0.1, 0.15) is 15.9 Å². The number of rotatable bonds is 2. The van der Waals surface area contributed by atoms with Crippen molar-refractivity contribution in [2.75, 3.05) is 5.32 Å². The summed E-state index contributed by atoms with van der Waals surface area (Å²) in [5.74, 6) is -0.841. The summed E-state index contributed by atoms with van der Waals surface area (Å²) in [6.45, 7) is 1.73. The maximum absolute atomic E-state index is 13.6. The molecule has 5 heteroatoms. The van der Waals surface area contributed by atoms with Crippen LogP contribution in [-0.2, 0) is 0 Å². The van der Waals surface area contributed by atoms with E-state index in [1.807, 2.05) is 0 Å². The van der Waals surface area contributed by atoms with Crippen LogP contribution >= 0.6 is 27.5 Å². The van der Waals surface area contributed by atoms with E-state index in [2.05, 4.69) is 21.2 Å². The zero-order valence-corrected chi connectivity index (χ0v) is 12.3. The molecule has 0 aliphatic carbocycles. The van der Waals surface area contributed by atoms with Crippen LogP contribution in [0.2, 0.25) is 5.02 Å². The molecule has 2 aromatic carbocycles. The Bertz CT molecular complexity index is 625. The van der Waals surface area contributed by atoms with Crippen LogP contribution in [0.25, 0.3) is 0 Å². The summed E-state index contributed by atoms with van der Waals surface area (Å²) in [5, 5.41) is 3.08. The molecule has 0 aliphatic rings. The van der Waals surface area contributed by atoms with E-state index in [9.17, 15) is 9.18 Å². The highest BCUT2D eigenvalue weighted by atomic mass is 79.9. The Morgan fingerprint density at radius 1 is 1.32 bits per heavy atom. The summed E-state index contributed by atoms with van der Waals surface area (Å²) in [6.07, 6.45) is 0. The number of anilines is 1. The molecule has 0 saturated heterocycles. The molecule has 2 rings (SSSR count). The molecule has 0 atom stereocenters. The summed E-state index contributed by atoms with van der Waals surface area (Å²) in [7, 11) is 0. The highest BCUT2D eigenvalue weighted by Crippen LogP contribution is 2.24. The second kappa shape index (κ2) is 5.72. The summed E-state index contributed by atoms with van der Waals surface area (Å²) >= 11 is 9.10. The van der Waals surface area contributed by atoms with Gasteiger partial charge in [-0.15, -0.1) is 0 Å². The molecule has 98 valence electrons. The fraction of sp³-hybridized carbons (Fsp3) is 0.0714. The minimum atomic E-state index is -0.457. The van der Waals surface area contributed by atoms with E-state index in [0.29, 0.717) is 20.6 Å². The van der Waals surface area contributed by atoms with Crippen LogP contribution in [0.4, 0.5) is 10.1 Å². The molecule has 0 heterocycles. The lowest BCUT2D eigenvalue weighted by molar-refractivity contribution is 0.102. The summed E-state index contributed by atoms with van der Waals surface area (Å²) in [5.41, 5.74) is 1.26. The molecule has 0 aliphatic heterocycles. The van der Waals surface area contributed by atoms with Gasteiger partial charge in [0.25, 0.3) is 5.91 Å². The maximum atomic E-state index is 13.6. The highest BCUT2D eigenvalue weighted by molar-refractivity contribution is 9.10. The number of nitrogens with one attached hydrogen (secondary N) is 1. The lowest BCUT2D eigenvalue weighted by atomic mass is 10.1. The second-order valence-corrected chi connectivity index (χ2v) is 5.28. The van der Waals surface area contributed by atoms with E-state index >= 15 is 0 Å². The first kappa shape index (κ1) is 14.0. The van der Waals surface area contributed by atoms with Crippen molar-refractivity contribution in [1.29, 1.82) is 0 Å².